The first-order valence-electron chi connectivity index (χ1n) is 7.78. The van der Waals surface area contributed by atoms with Crippen LogP contribution in [0.25, 0.3) is 0 Å². The number of thiophene rings is 1. The van der Waals surface area contributed by atoms with Gasteiger partial charge in [0.05, 0.1) is 11.1 Å². The zero-order valence-electron chi connectivity index (χ0n) is 12.7. The molecule has 2 aliphatic rings. The van der Waals surface area contributed by atoms with Crippen LogP contribution in [-0.2, 0) is 13.6 Å². The average molecular weight is 316 g/mol. The van der Waals surface area contributed by atoms with E-state index in [0.29, 0.717) is 12.1 Å². The molecule has 2 fully saturated rings. The van der Waals surface area contributed by atoms with Crippen molar-refractivity contribution in [3.63, 3.8) is 0 Å². The van der Waals surface area contributed by atoms with Gasteiger partial charge in [0, 0.05) is 50.5 Å². The highest BCUT2D eigenvalue weighted by molar-refractivity contribution is 7.12. The summed E-state index contributed by atoms with van der Waals surface area (Å²) in [5.74, 6) is 0.214. The van der Waals surface area contributed by atoms with Crippen molar-refractivity contribution in [2.24, 2.45) is 7.05 Å². The quantitative estimate of drug-likeness (QED) is 0.869. The van der Waals surface area contributed by atoms with Crippen LogP contribution in [0.3, 0.4) is 0 Å². The minimum atomic E-state index is 0.214. The molecule has 116 valence electrons. The van der Waals surface area contributed by atoms with Gasteiger partial charge < -0.3 is 4.90 Å². The lowest BCUT2D eigenvalue weighted by atomic mass is 10.1. The first-order chi connectivity index (χ1) is 10.7. The summed E-state index contributed by atoms with van der Waals surface area (Å²) in [5.41, 5.74) is 1.26. The average Bonchev–Trinajstić information content (AvgIpc) is 3.24. The van der Waals surface area contributed by atoms with E-state index in [4.69, 9.17) is 0 Å². The molecular formula is C16H20N4OS. The summed E-state index contributed by atoms with van der Waals surface area (Å²) in [5, 5.41) is 6.22. The molecule has 0 aromatic carbocycles. The Labute approximate surface area is 134 Å². The third-order valence-electron chi connectivity index (χ3n) is 4.83. The second-order valence-electron chi connectivity index (χ2n) is 6.18. The highest BCUT2D eigenvalue weighted by Crippen LogP contribution is 2.34. The number of hydrogen-bond acceptors (Lipinski definition) is 4. The number of amides is 1. The Morgan fingerprint density at radius 2 is 2.23 bits per heavy atom. The molecular weight excluding hydrogens is 296 g/mol. The number of nitrogens with zero attached hydrogens (tertiary/aromatic N) is 4. The van der Waals surface area contributed by atoms with Gasteiger partial charge in [0.25, 0.3) is 5.91 Å². The highest BCUT2D eigenvalue weighted by atomic mass is 32.1. The van der Waals surface area contributed by atoms with E-state index in [9.17, 15) is 4.79 Å². The van der Waals surface area contributed by atoms with Crippen LogP contribution in [0.1, 0.15) is 28.1 Å². The van der Waals surface area contributed by atoms with Crippen molar-refractivity contribution in [3.05, 3.63) is 40.3 Å². The molecule has 2 aliphatic heterocycles. The van der Waals surface area contributed by atoms with E-state index in [2.05, 4.69) is 21.1 Å². The maximum Gasteiger partial charge on any atom is 0.264 e. The van der Waals surface area contributed by atoms with Crippen LogP contribution >= 0.6 is 11.3 Å². The van der Waals surface area contributed by atoms with Crippen molar-refractivity contribution in [1.82, 2.24) is 19.6 Å². The molecule has 2 aromatic rings. The van der Waals surface area contributed by atoms with Crippen LogP contribution in [0.5, 0.6) is 0 Å². The molecule has 2 saturated heterocycles. The molecule has 5 nitrogen and oxygen atoms in total. The van der Waals surface area contributed by atoms with Crippen molar-refractivity contribution in [1.29, 1.82) is 0 Å². The minimum Gasteiger partial charge on any atom is -0.333 e. The molecule has 0 unspecified atom stereocenters. The Hall–Kier alpha value is -1.66. The molecule has 4 heterocycles. The number of carbonyl (C=O) groups excluding carboxylic acids is 1. The van der Waals surface area contributed by atoms with Crippen LogP contribution < -0.4 is 0 Å². The number of aromatic nitrogens is 2. The molecule has 2 aromatic heterocycles. The summed E-state index contributed by atoms with van der Waals surface area (Å²) in [6.07, 6.45) is 6.19. The van der Waals surface area contributed by atoms with Crippen molar-refractivity contribution < 1.29 is 4.79 Å². The number of carbonyl (C=O) groups is 1. The van der Waals surface area contributed by atoms with Crippen LogP contribution in [0.2, 0.25) is 0 Å². The minimum absolute atomic E-state index is 0.214. The Kier molecular flexibility index (Phi) is 3.50. The van der Waals surface area contributed by atoms with E-state index >= 15 is 0 Å². The Morgan fingerprint density at radius 1 is 1.36 bits per heavy atom. The fourth-order valence-corrected chi connectivity index (χ4v) is 4.53. The first-order valence-corrected chi connectivity index (χ1v) is 8.66. The fourth-order valence-electron chi connectivity index (χ4n) is 3.85. The van der Waals surface area contributed by atoms with Gasteiger partial charge in [0.1, 0.15) is 0 Å². The highest BCUT2D eigenvalue weighted by Gasteiger charge is 2.44. The van der Waals surface area contributed by atoms with Gasteiger partial charge in [-0.1, -0.05) is 6.07 Å². The molecule has 0 N–H and O–H groups in total. The molecule has 0 bridgehead atoms. The maximum absolute atomic E-state index is 12.6. The fraction of sp³-hybridized carbons (Fsp3) is 0.500. The van der Waals surface area contributed by atoms with E-state index in [-0.39, 0.29) is 5.91 Å². The molecule has 0 spiro atoms. The second-order valence-corrected chi connectivity index (χ2v) is 7.13. The lowest BCUT2D eigenvalue weighted by Gasteiger charge is -2.25. The molecule has 0 aliphatic carbocycles. The van der Waals surface area contributed by atoms with Gasteiger partial charge in [-0.15, -0.1) is 11.3 Å². The third-order valence-corrected chi connectivity index (χ3v) is 5.69. The number of likely N-dealkylation sites (tertiary alicyclic amines) is 2. The van der Waals surface area contributed by atoms with Gasteiger partial charge in [-0.25, -0.2) is 0 Å². The van der Waals surface area contributed by atoms with Gasteiger partial charge >= 0.3 is 0 Å². The smallest absolute Gasteiger partial charge is 0.264 e. The predicted octanol–water partition coefficient (Wildman–Crippen LogP) is 1.97. The number of hydrogen-bond donors (Lipinski definition) is 0. The zero-order chi connectivity index (χ0) is 15.1. The molecule has 2 atom stereocenters. The number of aryl methyl sites for hydroxylation is 1. The lowest BCUT2D eigenvalue weighted by Crippen LogP contribution is -2.39. The lowest BCUT2D eigenvalue weighted by molar-refractivity contribution is 0.0737. The second kappa shape index (κ2) is 5.52. The van der Waals surface area contributed by atoms with E-state index in [1.54, 1.807) is 11.3 Å². The Morgan fingerprint density at radius 3 is 2.95 bits per heavy atom. The molecule has 22 heavy (non-hydrogen) atoms. The van der Waals surface area contributed by atoms with Crippen molar-refractivity contribution in [3.8, 4) is 0 Å². The van der Waals surface area contributed by atoms with Crippen LogP contribution in [0.15, 0.2) is 29.9 Å². The summed E-state index contributed by atoms with van der Waals surface area (Å²) in [6.45, 7) is 2.89. The van der Waals surface area contributed by atoms with Gasteiger partial charge in [0.15, 0.2) is 0 Å². The molecule has 6 heteroatoms. The standard InChI is InChI=1S/C16H20N4OS/c1-18-10-12(9-17-18)11-19-6-4-14-13(19)5-7-20(14)16(21)15-3-2-8-22-15/h2-3,8-10,13-14H,4-7,11H2,1H3/t13-,14-/m0/s1. The largest absolute Gasteiger partial charge is 0.333 e. The van der Waals surface area contributed by atoms with Crippen molar-refractivity contribution >= 4 is 17.2 Å². The normalized spacial score (nSPS) is 24.9. The van der Waals surface area contributed by atoms with E-state index < -0.39 is 0 Å². The first kappa shape index (κ1) is 14.0. The van der Waals surface area contributed by atoms with Crippen LogP contribution in [0, 0.1) is 0 Å². The monoisotopic (exact) mass is 316 g/mol. The molecule has 0 radical (unpaired) electrons. The summed E-state index contributed by atoms with van der Waals surface area (Å²) >= 11 is 1.54. The molecule has 4 rings (SSSR count). The number of rotatable bonds is 3. The van der Waals surface area contributed by atoms with Gasteiger partial charge in [-0.05, 0) is 24.3 Å². The summed E-state index contributed by atoms with van der Waals surface area (Å²) in [7, 11) is 1.95. The molecule has 1 amide bonds. The topological polar surface area (TPSA) is 41.4 Å². The van der Waals surface area contributed by atoms with E-state index in [0.717, 1.165) is 37.4 Å². The van der Waals surface area contributed by atoms with Crippen LogP contribution in [0.4, 0.5) is 0 Å². The van der Waals surface area contributed by atoms with Gasteiger partial charge in [0.2, 0.25) is 0 Å². The predicted molar refractivity (Wildman–Crippen MR) is 85.8 cm³/mol. The van der Waals surface area contributed by atoms with Crippen molar-refractivity contribution in [2.45, 2.75) is 31.5 Å². The SMILES string of the molecule is Cn1cc(CN2CC[C@H]3[C@@H]2CCN3C(=O)c2cccs2)cn1. The summed E-state index contributed by atoms with van der Waals surface area (Å²) in [4.78, 5) is 18.1. The van der Waals surface area contributed by atoms with Crippen molar-refractivity contribution in [2.75, 3.05) is 13.1 Å². The maximum atomic E-state index is 12.6. The van der Waals surface area contributed by atoms with Gasteiger partial charge in [-0.3, -0.25) is 14.4 Å². The Bertz CT molecular complexity index is 666. The van der Waals surface area contributed by atoms with E-state index in [1.165, 1.54) is 5.56 Å². The van der Waals surface area contributed by atoms with Gasteiger partial charge in [-0.2, -0.15) is 5.10 Å². The van der Waals surface area contributed by atoms with Crippen LogP contribution in [-0.4, -0.2) is 50.7 Å². The Balaban J connectivity index is 1.46. The third kappa shape index (κ3) is 2.36. The number of fused-ring (bicyclic) bond motifs is 1. The summed E-state index contributed by atoms with van der Waals surface area (Å²) in [6, 6.07) is 4.77. The molecule has 0 saturated carbocycles. The zero-order valence-corrected chi connectivity index (χ0v) is 13.5. The van der Waals surface area contributed by atoms with E-state index in [1.807, 2.05) is 35.4 Å². The summed E-state index contributed by atoms with van der Waals surface area (Å²) < 4.78 is 1.85.